The van der Waals surface area contributed by atoms with E-state index in [0.717, 1.165) is 15.9 Å². The first-order valence-corrected chi connectivity index (χ1v) is 29.6. The van der Waals surface area contributed by atoms with Crippen molar-refractivity contribution in [3.8, 4) is 0 Å². The number of sulfonamides is 1. The van der Waals surface area contributed by atoms with E-state index in [4.69, 9.17) is 8.85 Å². The minimum absolute atomic E-state index is 0.197. The average Bonchev–Trinajstić information content (AvgIpc) is 3.26. The Bertz CT molecular complexity index is 2250. The van der Waals surface area contributed by atoms with E-state index in [1.807, 2.05) is 57.2 Å². The number of rotatable bonds is 21. The molecular weight excluding hydrogens is 877 g/mol. The summed E-state index contributed by atoms with van der Waals surface area (Å²) in [5.74, 6) is 0.270. The van der Waals surface area contributed by atoms with Gasteiger partial charge in [0.2, 0.25) is 10.0 Å². The van der Waals surface area contributed by atoms with Gasteiger partial charge in [0.05, 0.1) is 24.3 Å². The molecule has 350 valence electrons. The van der Waals surface area contributed by atoms with Gasteiger partial charge in [-0.25, -0.2) is 8.42 Å². The van der Waals surface area contributed by atoms with Crippen LogP contribution in [0.3, 0.4) is 0 Å². The Labute approximate surface area is 397 Å². The largest absolute Gasteiger partial charge is 0.591 e. The van der Waals surface area contributed by atoms with Crippen molar-refractivity contribution in [1.29, 1.82) is 0 Å². The van der Waals surface area contributed by atoms with E-state index in [-0.39, 0.29) is 27.5 Å². The molecule has 0 aliphatic heterocycles. The fourth-order valence-electron chi connectivity index (χ4n) is 8.75. The Morgan fingerprint density at radius 2 is 1.05 bits per heavy atom. The Morgan fingerprint density at radius 1 is 0.631 bits per heavy atom. The van der Waals surface area contributed by atoms with Gasteiger partial charge < -0.3 is 13.4 Å². The van der Waals surface area contributed by atoms with Gasteiger partial charge in [-0.15, -0.1) is 0 Å². The lowest BCUT2D eigenvalue weighted by atomic mass is 10.1. The van der Waals surface area contributed by atoms with E-state index < -0.39 is 48.8 Å². The molecule has 0 heterocycles. The minimum Gasteiger partial charge on any atom is -0.591 e. The molecule has 65 heavy (non-hydrogen) atoms. The smallest absolute Gasteiger partial charge is 0.261 e. The zero-order chi connectivity index (χ0) is 47.5. The summed E-state index contributed by atoms with van der Waals surface area (Å²) in [5, 5.41) is 4.18. The standard InChI is InChI=1S/C54H74N2O5S2Si2/c1-44(2)39-41-56(63(58,59)47-37-35-45(36-38-47)42-60-64(53(6,7)8,48-27-16-12-17-28-48)49-29-18-13-19-30-49)46(26-24-25-40-55-62(57)52(3,4)5)43-61-65(54(9,10)11,50-31-20-14-21-32-50)51-33-22-15-23-34-51/h12-23,27-38,40,44,46H,24-26,39,41-43H2,1-11H3/b55-40+/t46-,62?/m0/s1. The molecule has 0 N–H and O–H groups in total. The molecular formula is C54H74N2O5S2Si2. The first-order chi connectivity index (χ1) is 30.6. The highest BCUT2D eigenvalue weighted by Crippen LogP contribution is 2.39. The zero-order valence-corrected chi connectivity index (χ0v) is 44.4. The molecule has 0 aliphatic rings. The van der Waals surface area contributed by atoms with Gasteiger partial charge >= 0.3 is 0 Å². The Balaban J connectivity index is 1.53. The van der Waals surface area contributed by atoms with Gasteiger partial charge in [0.25, 0.3) is 16.6 Å². The van der Waals surface area contributed by atoms with Crippen LogP contribution in [0.4, 0.5) is 0 Å². The van der Waals surface area contributed by atoms with Gasteiger partial charge in [-0.1, -0.05) is 193 Å². The van der Waals surface area contributed by atoms with Crippen LogP contribution in [0, 0.1) is 5.92 Å². The van der Waals surface area contributed by atoms with Gasteiger partial charge in [0.1, 0.15) is 16.1 Å². The predicted molar refractivity (Wildman–Crippen MR) is 280 cm³/mol. The molecule has 2 atom stereocenters. The van der Waals surface area contributed by atoms with Crippen LogP contribution in [-0.2, 0) is 36.8 Å². The molecule has 1 unspecified atom stereocenters. The second kappa shape index (κ2) is 22.4. The summed E-state index contributed by atoms with van der Waals surface area (Å²) >= 11 is -1.37. The van der Waals surface area contributed by atoms with E-state index in [2.05, 4.69) is 157 Å². The van der Waals surface area contributed by atoms with Gasteiger partial charge in [0.15, 0.2) is 0 Å². The molecule has 0 aliphatic carbocycles. The quantitative estimate of drug-likeness (QED) is 0.0316. The van der Waals surface area contributed by atoms with Crippen LogP contribution in [0.5, 0.6) is 0 Å². The zero-order valence-electron chi connectivity index (χ0n) is 40.8. The maximum Gasteiger partial charge on any atom is 0.261 e. The van der Waals surface area contributed by atoms with E-state index in [1.54, 1.807) is 22.7 Å². The molecule has 5 rings (SSSR count). The summed E-state index contributed by atoms with van der Waals surface area (Å²) < 4.78 is 63.6. The predicted octanol–water partition coefficient (Wildman–Crippen LogP) is 10.4. The van der Waals surface area contributed by atoms with Crippen LogP contribution in [-0.4, -0.2) is 64.1 Å². The lowest BCUT2D eigenvalue weighted by Crippen LogP contribution is -2.67. The Kier molecular flexibility index (Phi) is 18.1. The SMILES string of the molecule is CC(C)CCN([C@@H](CCC/C=N/[S+]([O-])C(C)(C)C)CO[Si](c1ccccc1)(c1ccccc1)C(C)(C)C)S(=O)(=O)c1ccc(CO[Si](c2ccccc2)(c2ccccc2)C(C)(C)C)cc1. The molecule has 5 aromatic rings. The van der Waals surface area contributed by atoms with Gasteiger partial charge in [-0.2, -0.15) is 4.31 Å². The first-order valence-electron chi connectivity index (χ1n) is 23.2. The summed E-state index contributed by atoms with van der Waals surface area (Å²) in [6.07, 6.45) is 4.17. The molecule has 0 amide bonds. The van der Waals surface area contributed by atoms with Crippen LogP contribution in [0.1, 0.15) is 107 Å². The van der Waals surface area contributed by atoms with E-state index in [9.17, 15) is 4.55 Å². The molecule has 7 nitrogen and oxygen atoms in total. The summed E-state index contributed by atoms with van der Waals surface area (Å²) in [6.45, 7) is 24.4. The summed E-state index contributed by atoms with van der Waals surface area (Å²) in [6, 6.07) is 48.9. The average molecular weight is 952 g/mol. The van der Waals surface area contributed by atoms with Crippen molar-refractivity contribution >= 4 is 65.0 Å². The third-order valence-electron chi connectivity index (χ3n) is 12.2. The van der Waals surface area contributed by atoms with E-state index in [1.165, 1.54) is 10.4 Å². The molecule has 11 heteroatoms. The normalized spacial score (nSPS) is 14.3. The molecule has 5 aromatic carbocycles. The molecule has 0 saturated carbocycles. The number of hydrogen-bond donors (Lipinski definition) is 0. The van der Waals surface area contributed by atoms with Crippen molar-refractivity contribution in [2.75, 3.05) is 13.2 Å². The number of nitrogens with zero attached hydrogens (tertiary/aromatic N) is 2. The fraction of sp³-hybridized carbons (Fsp3) is 0.426. The van der Waals surface area contributed by atoms with Gasteiger partial charge in [-0.05, 0) is 101 Å². The fourth-order valence-corrected chi connectivity index (χ4v) is 20.1. The van der Waals surface area contributed by atoms with Crippen LogP contribution in [0.15, 0.2) is 155 Å². The topological polar surface area (TPSA) is 91.3 Å². The van der Waals surface area contributed by atoms with Gasteiger partial charge in [0, 0.05) is 12.6 Å². The number of benzene rings is 5. The molecule has 0 bridgehead atoms. The summed E-state index contributed by atoms with van der Waals surface area (Å²) in [7, 11) is -9.87. The van der Waals surface area contributed by atoms with E-state index >= 15 is 8.42 Å². The van der Waals surface area contributed by atoms with Crippen molar-refractivity contribution in [2.45, 2.75) is 134 Å². The van der Waals surface area contributed by atoms with Crippen molar-refractivity contribution in [2.24, 2.45) is 10.3 Å². The second-order valence-corrected chi connectivity index (χ2v) is 33.0. The minimum atomic E-state index is -4.02. The van der Waals surface area contributed by atoms with Crippen molar-refractivity contribution in [3.63, 3.8) is 0 Å². The summed E-state index contributed by atoms with van der Waals surface area (Å²) in [4.78, 5) is 0.244. The Hall–Kier alpha value is -3.66. The molecule has 0 saturated heterocycles. The monoisotopic (exact) mass is 950 g/mol. The highest BCUT2D eigenvalue weighted by atomic mass is 32.2. The summed E-state index contributed by atoms with van der Waals surface area (Å²) in [5.41, 5.74) is 0.907. The molecule has 0 radical (unpaired) electrons. The van der Waals surface area contributed by atoms with E-state index in [0.29, 0.717) is 38.8 Å². The van der Waals surface area contributed by atoms with Crippen LogP contribution >= 0.6 is 0 Å². The second-order valence-electron chi connectivity index (χ2n) is 20.6. The molecule has 0 aromatic heterocycles. The van der Waals surface area contributed by atoms with Crippen LogP contribution in [0.25, 0.3) is 0 Å². The highest BCUT2D eigenvalue weighted by Gasteiger charge is 2.52. The Morgan fingerprint density at radius 3 is 1.43 bits per heavy atom. The third kappa shape index (κ3) is 12.7. The van der Waals surface area contributed by atoms with Crippen molar-refractivity contribution in [1.82, 2.24) is 4.31 Å². The maximum absolute atomic E-state index is 15.3. The van der Waals surface area contributed by atoms with Crippen LogP contribution in [0.2, 0.25) is 10.1 Å². The maximum atomic E-state index is 15.3. The highest BCUT2D eigenvalue weighted by molar-refractivity contribution is 7.91. The molecule has 0 spiro atoms. The van der Waals surface area contributed by atoms with Crippen molar-refractivity contribution in [3.05, 3.63) is 151 Å². The van der Waals surface area contributed by atoms with Gasteiger partial charge in [-0.3, -0.25) is 0 Å². The van der Waals surface area contributed by atoms with Crippen LogP contribution < -0.4 is 20.7 Å². The first kappa shape index (κ1) is 52.3. The third-order valence-corrected chi connectivity index (χ3v) is 25.6. The number of hydrogen-bond acceptors (Lipinski definition) is 6. The lowest BCUT2D eigenvalue weighted by Gasteiger charge is -2.44. The molecule has 0 fully saturated rings. The number of unbranched alkanes of at least 4 members (excludes halogenated alkanes) is 1. The van der Waals surface area contributed by atoms with Crippen molar-refractivity contribution < 1.29 is 21.8 Å². The lowest BCUT2D eigenvalue weighted by molar-refractivity contribution is 0.181.